The third-order valence-electron chi connectivity index (χ3n) is 2.54. The van der Waals surface area contributed by atoms with Crippen molar-refractivity contribution in [2.45, 2.75) is 13.3 Å². The Kier molecular flexibility index (Phi) is 3.34. The monoisotopic (exact) mass is 266 g/mol. The van der Waals surface area contributed by atoms with E-state index in [9.17, 15) is 14.4 Å². The van der Waals surface area contributed by atoms with E-state index < -0.39 is 0 Å². The third kappa shape index (κ3) is 2.51. The summed E-state index contributed by atoms with van der Waals surface area (Å²) in [4.78, 5) is 35.2. The van der Waals surface area contributed by atoms with Gasteiger partial charge in [0, 0.05) is 12.6 Å². The summed E-state index contributed by atoms with van der Waals surface area (Å²) in [6.07, 6.45) is -0.0965. The normalized spacial score (nSPS) is 15.1. The Morgan fingerprint density at radius 2 is 2.11 bits per heavy atom. The average Bonchev–Trinajstić information content (AvgIpc) is 2.60. The van der Waals surface area contributed by atoms with Gasteiger partial charge in [-0.15, -0.1) is 0 Å². The maximum absolute atomic E-state index is 11.6. The van der Waals surface area contributed by atoms with Crippen LogP contribution in [0.1, 0.15) is 13.3 Å². The summed E-state index contributed by atoms with van der Waals surface area (Å²) in [7, 11) is 0. The average molecular weight is 267 g/mol. The van der Waals surface area contributed by atoms with Gasteiger partial charge in [-0.1, -0.05) is 11.6 Å². The van der Waals surface area contributed by atoms with E-state index in [2.05, 4.69) is 5.32 Å². The van der Waals surface area contributed by atoms with Gasteiger partial charge in [-0.2, -0.15) is 0 Å². The molecule has 1 aliphatic rings. The summed E-state index contributed by atoms with van der Waals surface area (Å²) >= 11 is 6.01. The van der Waals surface area contributed by atoms with Crippen LogP contribution in [0.2, 0.25) is 5.02 Å². The fraction of sp³-hybridized carbons (Fsp3) is 0.250. The SMILES string of the molecule is CC(=O)Nc1ccc(Cl)c(N2CC(=O)CC2=O)c1. The molecule has 5 nitrogen and oxygen atoms in total. The number of anilines is 2. The van der Waals surface area contributed by atoms with Crippen LogP contribution in [-0.2, 0) is 14.4 Å². The van der Waals surface area contributed by atoms with Gasteiger partial charge in [0.15, 0.2) is 5.78 Å². The Balaban J connectivity index is 2.34. The van der Waals surface area contributed by atoms with E-state index >= 15 is 0 Å². The van der Waals surface area contributed by atoms with Gasteiger partial charge in [0.1, 0.15) is 0 Å². The predicted octanol–water partition coefficient (Wildman–Crippen LogP) is 1.60. The van der Waals surface area contributed by atoms with E-state index in [4.69, 9.17) is 11.6 Å². The molecule has 0 aliphatic carbocycles. The Labute approximate surface area is 109 Å². The minimum absolute atomic E-state index is 0.0298. The van der Waals surface area contributed by atoms with Crippen molar-refractivity contribution >= 4 is 40.6 Å². The summed E-state index contributed by atoms with van der Waals surface area (Å²) < 4.78 is 0. The van der Waals surface area contributed by atoms with E-state index in [0.29, 0.717) is 16.4 Å². The second-order valence-electron chi connectivity index (χ2n) is 4.04. The van der Waals surface area contributed by atoms with E-state index in [0.717, 1.165) is 0 Å². The van der Waals surface area contributed by atoms with Crippen molar-refractivity contribution in [2.75, 3.05) is 16.8 Å². The zero-order chi connectivity index (χ0) is 13.3. The molecule has 1 aromatic rings. The molecule has 0 bridgehead atoms. The lowest BCUT2D eigenvalue weighted by Crippen LogP contribution is -2.25. The zero-order valence-electron chi connectivity index (χ0n) is 9.70. The molecule has 0 radical (unpaired) electrons. The molecule has 1 saturated heterocycles. The first-order valence-corrected chi connectivity index (χ1v) is 5.74. The van der Waals surface area contributed by atoms with Gasteiger partial charge in [0.05, 0.1) is 23.7 Å². The fourth-order valence-corrected chi connectivity index (χ4v) is 2.02. The number of hydrogen-bond acceptors (Lipinski definition) is 3. The number of nitrogens with zero attached hydrogens (tertiary/aromatic N) is 1. The smallest absolute Gasteiger partial charge is 0.234 e. The standard InChI is InChI=1S/C12H11ClN2O3/c1-7(16)14-8-2-3-10(13)11(4-8)15-6-9(17)5-12(15)18/h2-4H,5-6H2,1H3,(H,14,16). The maximum atomic E-state index is 11.6. The summed E-state index contributed by atoms with van der Waals surface area (Å²) in [6, 6.07) is 4.80. The van der Waals surface area contributed by atoms with Gasteiger partial charge in [0.2, 0.25) is 11.8 Å². The molecule has 1 heterocycles. The molecule has 18 heavy (non-hydrogen) atoms. The highest BCUT2D eigenvalue weighted by Gasteiger charge is 2.29. The predicted molar refractivity (Wildman–Crippen MR) is 67.7 cm³/mol. The zero-order valence-corrected chi connectivity index (χ0v) is 10.5. The number of nitrogens with one attached hydrogen (secondary N) is 1. The van der Waals surface area contributed by atoms with E-state index in [-0.39, 0.29) is 30.6 Å². The van der Waals surface area contributed by atoms with Gasteiger partial charge < -0.3 is 10.2 Å². The first kappa shape index (κ1) is 12.6. The lowest BCUT2D eigenvalue weighted by molar-refractivity contribution is -0.121. The Bertz CT molecular complexity index is 542. The second-order valence-corrected chi connectivity index (χ2v) is 4.45. The lowest BCUT2D eigenvalue weighted by Gasteiger charge is -2.17. The number of Topliss-reactive ketones (excluding diaryl/α,β-unsaturated/α-hetero) is 1. The molecule has 2 rings (SSSR count). The maximum Gasteiger partial charge on any atom is 0.234 e. The molecular weight excluding hydrogens is 256 g/mol. The van der Waals surface area contributed by atoms with Crippen LogP contribution < -0.4 is 10.2 Å². The highest BCUT2D eigenvalue weighted by molar-refractivity contribution is 6.34. The fourth-order valence-electron chi connectivity index (χ4n) is 1.80. The molecular formula is C12H11ClN2O3. The van der Waals surface area contributed by atoms with Crippen LogP contribution in [0.3, 0.4) is 0 Å². The quantitative estimate of drug-likeness (QED) is 0.827. The minimum Gasteiger partial charge on any atom is -0.326 e. The molecule has 2 amide bonds. The summed E-state index contributed by atoms with van der Waals surface area (Å²) in [5, 5.41) is 2.97. The van der Waals surface area contributed by atoms with Crippen molar-refractivity contribution < 1.29 is 14.4 Å². The van der Waals surface area contributed by atoms with E-state index in [1.165, 1.54) is 11.8 Å². The first-order chi connectivity index (χ1) is 8.47. The molecule has 0 spiro atoms. The molecule has 1 fully saturated rings. The van der Waals surface area contributed by atoms with E-state index in [1.54, 1.807) is 18.2 Å². The van der Waals surface area contributed by atoms with Crippen molar-refractivity contribution in [2.24, 2.45) is 0 Å². The van der Waals surface area contributed by atoms with Crippen LogP contribution in [-0.4, -0.2) is 24.1 Å². The number of ketones is 1. The van der Waals surface area contributed by atoms with Crippen LogP contribution >= 0.6 is 11.6 Å². The summed E-state index contributed by atoms with van der Waals surface area (Å²) in [5.74, 6) is -0.630. The second kappa shape index (κ2) is 4.78. The largest absolute Gasteiger partial charge is 0.326 e. The number of amides is 2. The van der Waals surface area contributed by atoms with Crippen molar-refractivity contribution in [3.63, 3.8) is 0 Å². The highest BCUT2D eigenvalue weighted by atomic mass is 35.5. The molecule has 1 aromatic carbocycles. The number of carbonyl (C=O) groups excluding carboxylic acids is 3. The molecule has 0 saturated carbocycles. The van der Waals surface area contributed by atoms with Crippen LogP contribution in [0, 0.1) is 0 Å². The Morgan fingerprint density at radius 1 is 1.39 bits per heavy atom. The number of hydrogen-bond donors (Lipinski definition) is 1. The van der Waals surface area contributed by atoms with Crippen molar-refractivity contribution in [1.82, 2.24) is 0 Å². The number of carbonyl (C=O) groups is 3. The van der Waals surface area contributed by atoms with Crippen molar-refractivity contribution in [3.05, 3.63) is 23.2 Å². The van der Waals surface area contributed by atoms with Crippen LogP contribution in [0.25, 0.3) is 0 Å². The minimum atomic E-state index is -0.276. The molecule has 0 unspecified atom stereocenters. The molecule has 0 atom stereocenters. The number of rotatable bonds is 2. The van der Waals surface area contributed by atoms with Crippen LogP contribution in [0.4, 0.5) is 11.4 Å². The lowest BCUT2D eigenvalue weighted by atomic mass is 10.2. The van der Waals surface area contributed by atoms with Crippen molar-refractivity contribution in [1.29, 1.82) is 0 Å². The van der Waals surface area contributed by atoms with Gasteiger partial charge >= 0.3 is 0 Å². The van der Waals surface area contributed by atoms with Gasteiger partial charge in [0.25, 0.3) is 0 Å². The van der Waals surface area contributed by atoms with Gasteiger partial charge in [-0.05, 0) is 18.2 Å². The topological polar surface area (TPSA) is 66.5 Å². The molecule has 6 heteroatoms. The molecule has 94 valence electrons. The van der Waals surface area contributed by atoms with E-state index in [1.807, 2.05) is 0 Å². The van der Waals surface area contributed by atoms with Crippen LogP contribution in [0.5, 0.6) is 0 Å². The Morgan fingerprint density at radius 3 is 2.67 bits per heavy atom. The van der Waals surface area contributed by atoms with Crippen LogP contribution in [0.15, 0.2) is 18.2 Å². The van der Waals surface area contributed by atoms with Crippen molar-refractivity contribution in [3.8, 4) is 0 Å². The highest BCUT2D eigenvalue weighted by Crippen LogP contribution is 2.31. The number of benzene rings is 1. The first-order valence-electron chi connectivity index (χ1n) is 5.36. The number of halogens is 1. The Hall–Kier alpha value is -1.88. The molecule has 1 N–H and O–H groups in total. The summed E-state index contributed by atoms with van der Waals surface area (Å²) in [5.41, 5.74) is 0.979. The summed E-state index contributed by atoms with van der Waals surface area (Å²) in [6.45, 7) is 1.42. The molecule has 1 aliphatic heterocycles. The molecule has 0 aromatic heterocycles. The van der Waals surface area contributed by atoms with Gasteiger partial charge in [-0.25, -0.2) is 0 Å². The third-order valence-corrected chi connectivity index (χ3v) is 2.86. The van der Waals surface area contributed by atoms with Gasteiger partial charge in [-0.3, -0.25) is 14.4 Å².